The van der Waals surface area contributed by atoms with Crippen molar-refractivity contribution in [1.82, 2.24) is 5.32 Å². The maximum Gasteiger partial charge on any atom is 0.407 e. The van der Waals surface area contributed by atoms with Crippen LogP contribution in [-0.4, -0.2) is 115 Å². The van der Waals surface area contributed by atoms with E-state index >= 15 is 0 Å². The summed E-state index contributed by atoms with van der Waals surface area (Å²) in [6.07, 6.45) is 9.49. The topological polar surface area (TPSA) is 174 Å². The Bertz CT molecular complexity index is 826. The molecule has 0 spiro atoms. The van der Waals surface area contributed by atoms with Crippen LogP contribution < -0.4 is 5.32 Å². The van der Waals surface area contributed by atoms with Gasteiger partial charge in [-0.05, 0) is 12.8 Å². The minimum Gasteiger partial charge on any atom is -0.465 e. The molecule has 0 fully saturated rings. The zero-order valence-corrected chi connectivity index (χ0v) is 27.9. The SMILES string of the molecule is C#CCOCCOCCOCCOCCOC(=O)NCCOP(=O)(O)CC(COC(=O)CCCCC)COC(=O)CCCCC. The average Bonchev–Trinajstić information content (AvgIpc) is 3.01. The fourth-order valence-corrected chi connectivity index (χ4v) is 4.86. The number of amides is 1. The van der Waals surface area contributed by atoms with Gasteiger partial charge in [0.1, 0.15) is 13.2 Å². The number of terminal acetylenes is 1. The van der Waals surface area contributed by atoms with Gasteiger partial charge < -0.3 is 47.9 Å². The Morgan fingerprint density at radius 3 is 1.71 bits per heavy atom. The van der Waals surface area contributed by atoms with Crippen LogP contribution in [0.4, 0.5) is 4.79 Å². The molecule has 262 valence electrons. The molecule has 45 heavy (non-hydrogen) atoms. The monoisotopic (exact) mass is 667 g/mol. The van der Waals surface area contributed by atoms with Crippen LogP contribution in [0.3, 0.4) is 0 Å². The second-order valence-corrected chi connectivity index (χ2v) is 11.9. The van der Waals surface area contributed by atoms with E-state index in [1.54, 1.807) is 0 Å². The van der Waals surface area contributed by atoms with Crippen LogP contribution in [0.15, 0.2) is 0 Å². The third-order valence-corrected chi connectivity index (χ3v) is 7.41. The molecule has 0 heterocycles. The Kier molecular flexibility index (Phi) is 28.9. The van der Waals surface area contributed by atoms with Gasteiger partial charge in [-0.25, -0.2) is 4.79 Å². The highest BCUT2D eigenvalue weighted by Gasteiger charge is 2.28. The number of hydrogen-bond acceptors (Lipinski definition) is 12. The Balaban J connectivity index is 4.17. The summed E-state index contributed by atoms with van der Waals surface area (Å²) in [7, 11) is -4.16. The summed E-state index contributed by atoms with van der Waals surface area (Å²) in [6.45, 7) is 6.09. The lowest BCUT2D eigenvalue weighted by Crippen LogP contribution is -2.29. The molecule has 0 saturated carbocycles. The Labute approximate surface area is 268 Å². The van der Waals surface area contributed by atoms with Crippen LogP contribution in [0.2, 0.25) is 0 Å². The van der Waals surface area contributed by atoms with Crippen molar-refractivity contribution >= 4 is 25.6 Å². The van der Waals surface area contributed by atoms with Gasteiger partial charge in [0.25, 0.3) is 0 Å². The van der Waals surface area contributed by atoms with E-state index in [1.807, 2.05) is 13.8 Å². The third kappa shape index (κ3) is 30.2. The molecule has 15 heteroatoms. The van der Waals surface area contributed by atoms with Crippen LogP contribution in [-0.2, 0) is 51.8 Å². The number of carbonyl (C=O) groups excluding carboxylic acids is 3. The average molecular weight is 668 g/mol. The summed E-state index contributed by atoms with van der Waals surface area (Å²) >= 11 is 0. The molecule has 1 atom stereocenters. The van der Waals surface area contributed by atoms with E-state index in [9.17, 15) is 23.8 Å². The molecule has 1 unspecified atom stereocenters. The van der Waals surface area contributed by atoms with Gasteiger partial charge >= 0.3 is 25.6 Å². The molecule has 0 aliphatic carbocycles. The van der Waals surface area contributed by atoms with Crippen molar-refractivity contribution < 1.29 is 61.5 Å². The van der Waals surface area contributed by atoms with E-state index in [-0.39, 0.29) is 59.0 Å². The molecule has 14 nitrogen and oxygen atoms in total. The predicted octanol–water partition coefficient (Wildman–Crippen LogP) is 3.48. The summed E-state index contributed by atoms with van der Waals surface area (Å²) in [4.78, 5) is 46.2. The maximum absolute atomic E-state index is 12.7. The number of unbranched alkanes of at least 4 members (excludes halogenated alkanes) is 4. The molecule has 0 radical (unpaired) electrons. The molecule has 0 aliphatic rings. The molecule has 2 N–H and O–H groups in total. The highest BCUT2D eigenvalue weighted by Crippen LogP contribution is 2.43. The van der Waals surface area contributed by atoms with E-state index in [4.69, 9.17) is 44.1 Å². The lowest BCUT2D eigenvalue weighted by molar-refractivity contribution is -0.148. The van der Waals surface area contributed by atoms with Crippen LogP contribution in [0, 0.1) is 18.3 Å². The van der Waals surface area contributed by atoms with Crippen molar-refractivity contribution in [2.45, 2.75) is 65.2 Å². The molecule has 0 aromatic heterocycles. The Hall–Kier alpha value is -2.24. The first-order chi connectivity index (χ1) is 21.7. The van der Waals surface area contributed by atoms with Gasteiger partial charge in [-0.15, -0.1) is 6.42 Å². The van der Waals surface area contributed by atoms with Crippen molar-refractivity contribution in [3.63, 3.8) is 0 Å². The number of rotatable bonds is 31. The third-order valence-electron chi connectivity index (χ3n) is 5.84. The summed E-state index contributed by atoms with van der Waals surface area (Å²) < 4.78 is 54.3. The zero-order valence-electron chi connectivity index (χ0n) is 27.0. The van der Waals surface area contributed by atoms with Crippen molar-refractivity contribution in [2.24, 2.45) is 5.92 Å². The number of ether oxygens (including phenoxy) is 7. The highest BCUT2D eigenvalue weighted by atomic mass is 31.2. The minimum atomic E-state index is -4.16. The smallest absolute Gasteiger partial charge is 0.407 e. The number of nitrogens with one attached hydrogen (secondary N) is 1. The van der Waals surface area contributed by atoms with E-state index < -0.39 is 37.7 Å². The summed E-state index contributed by atoms with van der Waals surface area (Å²) in [6, 6.07) is 0. The molecule has 0 bridgehead atoms. The highest BCUT2D eigenvalue weighted by molar-refractivity contribution is 7.52. The first kappa shape index (κ1) is 42.8. The quantitative estimate of drug-likeness (QED) is 0.0362. The van der Waals surface area contributed by atoms with Crippen molar-refractivity contribution in [1.29, 1.82) is 0 Å². The van der Waals surface area contributed by atoms with Crippen molar-refractivity contribution in [3.8, 4) is 12.3 Å². The molecule has 0 aromatic rings. The number of esters is 2. The molecule has 0 aliphatic heterocycles. The molecular formula is C30H54NO13P. The van der Waals surface area contributed by atoms with Gasteiger partial charge in [-0.2, -0.15) is 0 Å². The van der Waals surface area contributed by atoms with E-state index in [1.165, 1.54) is 0 Å². The fraction of sp³-hybridized carbons (Fsp3) is 0.833. The fourth-order valence-electron chi connectivity index (χ4n) is 3.51. The maximum atomic E-state index is 12.7. The van der Waals surface area contributed by atoms with E-state index in [2.05, 4.69) is 11.2 Å². The second kappa shape index (κ2) is 30.4. The van der Waals surface area contributed by atoms with Gasteiger partial charge in [-0.3, -0.25) is 14.2 Å². The number of alkyl carbamates (subject to hydrolysis) is 1. The molecule has 1 amide bonds. The second-order valence-electron chi connectivity index (χ2n) is 9.96. The summed E-state index contributed by atoms with van der Waals surface area (Å²) in [5.41, 5.74) is 0. The Morgan fingerprint density at radius 1 is 0.733 bits per heavy atom. The van der Waals surface area contributed by atoms with E-state index in [0.717, 1.165) is 25.7 Å². The van der Waals surface area contributed by atoms with Gasteiger partial charge in [-0.1, -0.05) is 45.5 Å². The standard InChI is InChI=1S/C30H54NO13P/c1-4-7-9-11-28(32)42-24-27(25-43-29(33)12-10-8-5-2)26-45(35,36)44-15-13-31-30(34)41-23-22-40-21-20-39-19-18-38-17-16-37-14-6-3/h3,27H,4-5,7-26H2,1-2H3,(H,31,34)(H,35,36). The normalized spacial score (nSPS) is 12.3. The van der Waals surface area contributed by atoms with Crippen LogP contribution in [0.1, 0.15) is 65.2 Å². The first-order valence-electron chi connectivity index (χ1n) is 15.7. The Morgan fingerprint density at radius 2 is 1.22 bits per heavy atom. The molecule has 0 saturated heterocycles. The van der Waals surface area contributed by atoms with Gasteiger partial charge in [0, 0.05) is 25.3 Å². The molecular weight excluding hydrogens is 613 g/mol. The van der Waals surface area contributed by atoms with E-state index in [0.29, 0.717) is 52.5 Å². The van der Waals surface area contributed by atoms with Crippen LogP contribution in [0.5, 0.6) is 0 Å². The number of hydrogen-bond donors (Lipinski definition) is 2. The minimum absolute atomic E-state index is 0.00195. The molecule has 0 rings (SSSR count). The summed E-state index contributed by atoms with van der Waals surface area (Å²) in [5, 5.41) is 2.41. The molecule has 0 aromatic carbocycles. The zero-order chi connectivity index (χ0) is 33.4. The van der Waals surface area contributed by atoms with Crippen LogP contribution in [0.25, 0.3) is 0 Å². The van der Waals surface area contributed by atoms with Crippen molar-refractivity contribution in [3.05, 3.63) is 0 Å². The van der Waals surface area contributed by atoms with Gasteiger partial charge in [0.2, 0.25) is 0 Å². The van der Waals surface area contributed by atoms with Crippen LogP contribution >= 0.6 is 7.60 Å². The first-order valence-corrected chi connectivity index (χ1v) is 17.4. The lowest BCUT2D eigenvalue weighted by Gasteiger charge is -2.20. The lowest BCUT2D eigenvalue weighted by atomic mass is 10.2. The largest absolute Gasteiger partial charge is 0.465 e. The number of carbonyl (C=O) groups is 3. The predicted molar refractivity (Wildman–Crippen MR) is 166 cm³/mol. The van der Waals surface area contributed by atoms with Gasteiger partial charge in [0.05, 0.1) is 72.2 Å². The van der Waals surface area contributed by atoms with Gasteiger partial charge in [0.15, 0.2) is 0 Å². The summed E-state index contributed by atoms with van der Waals surface area (Å²) in [5.74, 6) is 0.799. The van der Waals surface area contributed by atoms with Crippen molar-refractivity contribution in [2.75, 3.05) is 92.0 Å².